The number of hydrogen-bond acceptors (Lipinski definition) is 4. The van der Waals surface area contributed by atoms with Gasteiger partial charge in [-0.15, -0.1) is 0 Å². The highest BCUT2D eigenvalue weighted by molar-refractivity contribution is 6.11. The first-order valence-electron chi connectivity index (χ1n) is 6.18. The molecule has 0 aromatic heterocycles. The average Bonchev–Trinajstić information content (AvgIpc) is 2.38. The Morgan fingerprint density at radius 2 is 1.60 bits per heavy atom. The van der Waals surface area contributed by atoms with Crippen molar-refractivity contribution in [1.29, 1.82) is 0 Å². The molecular weight excluding hydrogens is 264 g/mol. The van der Waals surface area contributed by atoms with E-state index in [4.69, 9.17) is 10.2 Å². The maximum Gasteiger partial charge on any atom is 0.331 e. The van der Waals surface area contributed by atoms with Gasteiger partial charge in [0.1, 0.15) is 0 Å². The minimum Gasteiger partial charge on any atom is -0.480 e. The Balaban J connectivity index is 2.25. The van der Waals surface area contributed by atoms with Crippen LogP contribution in [0.15, 0.2) is 30.3 Å². The Labute approximate surface area is 116 Å². The third kappa shape index (κ3) is 5.09. The molecule has 0 aliphatic rings. The molecule has 108 valence electrons. The maximum absolute atomic E-state index is 11.3. The average molecular weight is 280 g/mol. The molecule has 1 aromatic rings. The van der Waals surface area contributed by atoms with E-state index in [2.05, 4.69) is 4.74 Å². The van der Waals surface area contributed by atoms with Crippen molar-refractivity contribution < 1.29 is 29.3 Å². The van der Waals surface area contributed by atoms with E-state index in [1.54, 1.807) is 0 Å². The van der Waals surface area contributed by atoms with Gasteiger partial charge in [-0.05, 0) is 24.8 Å². The number of benzene rings is 1. The molecular formula is C14H16O6. The third-order valence-corrected chi connectivity index (χ3v) is 2.68. The van der Waals surface area contributed by atoms with Crippen molar-refractivity contribution in [3.8, 4) is 0 Å². The highest BCUT2D eigenvalue weighted by Crippen LogP contribution is 2.06. The first kappa shape index (κ1) is 15.7. The predicted molar refractivity (Wildman–Crippen MR) is 69.1 cm³/mol. The van der Waals surface area contributed by atoms with E-state index < -0.39 is 23.8 Å². The van der Waals surface area contributed by atoms with Crippen LogP contribution < -0.4 is 0 Å². The van der Waals surface area contributed by atoms with Crippen LogP contribution in [0.25, 0.3) is 0 Å². The molecule has 6 nitrogen and oxygen atoms in total. The Kier molecular flexibility index (Phi) is 6.22. The van der Waals surface area contributed by atoms with E-state index in [1.165, 1.54) is 0 Å². The number of ether oxygens (including phenoxy) is 1. The van der Waals surface area contributed by atoms with Gasteiger partial charge in [-0.2, -0.15) is 0 Å². The summed E-state index contributed by atoms with van der Waals surface area (Å²) in [6.07, 6.45) is 2.13. The van der Waals surface area contributed by atoms with Gasteiger partial charge >= 0.3 is 17.9 Å². The second-order valence-corrected chi connectivity index (χ2v) is 4.22. The third-order valence-electron chi connectivity index (χ3n) is 2.68. The van der Waals surface area contributed by atoms with Gasteiger partial charge in [0.05, 0.1) is 6.61 Å². The zero-order chi connectivity index (χ0) is 15.0. The van der Waals surface area contributed by atoms with E-state index in [-0.39, 0.29) is 6.61 Å². The molecule has 0 saturated heterocycles. The molecule has 0 unspecified atom stereocenters. The summed E-state index contributed by atoms with van der Waals surface area (Å²) < 4.78 is 4.66. The molecule has 20 heavy (non-hydrogen) atoms. The van der Waals surface area contributed by atoms with Crippen molar-refractivity contribution in [1.82, 2.24) is 0 Å². The molecule has 1 aromatic carbocycles. The van der Waals surface area contributed by atoms with Crippen LogP contribution in [0.2, 0.25) is 0 Å². The van der Waals surface area contributed by atoms with Gasteiger partial charge in [0.15, 0.2) is 0 Å². The van der Waals surface area contributed by atoms with Gasteiger partial charge in [0.2, 0.25) is 5.92 Å². The first-order valence-corrected chi connectivity index (χ1v) is 6.18. The van der Waals surface area contributed by atoms with Crippen molar-refractivity contribution in [2.45, 2.75) is 19.3 Å². The number of carboxylic acid groups (broad SMARTS) is 2. The molecule has 0 fully saturated rings. The molecule has 0 saturated carbocycles. The van der Waals surface area contributed by atoms with E-state index in [0.717, 1.165) is 18.4 Å². The molecule has 6 heteroatoms. The molecule has 0 amide bonds. The standard InChI is InChI=1S/C14H16O6/c15-12(16)11(13(17)18)14(19)20-9-5-4-8-10-6-2-1-3-7-10/h1-3,6-7,11H,4-5,8-9H2,(H,15,16)(H,17,18). The lowest BCUT2D eigenvalue weighted by atomic mass is 10.1. The number of carbonyl (C=O) groups excluding carboxylic acids is 1. The fraction of sp³-hybridized carbons (Fsp3) is 0.357. The van der Waals surface area contributed by atoms with Gasteiger partial charge in [0, 0.05) is 0 Å². The van der Waals surface area contributed by atoms with E-state index in [0.29, 0.717) is 6.42 Å². The Morgan fingerprint density at radius 1 is 1.00 bits per heavy atom. The summed E-state index contributed by atoms with van der Waals surface area (Å²) in [6, 6.07) is 9.75. The summed E-state index contributed by atoms with van der Waals surface area (Å²) in [6.45, 7) is 0.0166. The van der Waals surface area contributed by atoms with Crippen LogP contribution in [-0.4, -0.2) is 34.7 Å². The van der Waals surface area contributed by atoms with Gasteiger partial charge in [-0.25, -0.2) is 0 Å². The van der Waals surface area contributed by atoms with Crippen molar-refractivity contribution in [3.63, 3.8) is 0 Å². The minimum absolute atomic E-state index is 0.0166. The topological polar surface area (TPSA) is 101 Å². The second-order valence-electron chi connectivity index (χ2n) is 4.22. The number of esters is 1. The number of aryl methyl sites for hydroxylation is 1. The maximum atomic E-state index is 11.3. The fourth-order valence-electron chi connectivity index (χ4n) is 1.64. The SMILES string of the molecule is O=C(O)C(C(=O)O)C(=O)OCCCCc1ccccc1. The molecule has 0 radical (unpaired) electrons. The van der Waals surface area contributed by atoms with Gasteiger partial charge in [-0.1, -0.05) is 30.3 Å². The zero-order valence-electron chi connectivity index (χ0n) is 10.8. The van der Waals surface area contributed by atoms with Crippen molar-refractivity contribution in [2.75, 3.05) is 6.61 Å². The number of carbonyl (C=O) groups is 3. The van der Waals surface area contributed by atoms with Crippen LogP contribution in [0.4, 0.5) is 0 Å². The zero-order valence-corrected chi connectivity index (χ0v) is 10.8. The Hall–Kier alpha value is -2.37. The van der Waals surface area contributed by atoms with Crippen molar-refractivity contribution >= 4 is 17.9 Å². The largest absolute Gasteiger partial charge is 0.480 e. The molecule has 0 heterocycles. The lowest BCUT2D eigenvalue weighted by Crippen LogP contribution is -2.33. The Bertz CT molecular complexity index is 454. The highest BCUT2D eigenvalue weighted by atomic mass is 16.5. The van der Waals surface area contributed by atoms with Crippen LogP contribution in [-0.2, 0) is 25.5 Å². The smallest absolute Gasteiger partial charge is 0.331 e. The van der Waals surface area contributed by atoms with E-state index in [1.807, 2.05) is 30.3 Å². The number of carboxylic acids is 2. The molecule has 1 rings (SSSR count). The molecule has 0 atom stereocenters. The highest BCUT2D eigenvalue weighted by Gasteiger charge is 2.35. The fourth-order valence-corrected chi connectivity index (χ4v) is 1.64. The Morgan fingerprint density at radius 3 is 2.15 bits per heavy atom. The number of aliphatic carboxylic acids is 2. The van der Waals surface area contributed by atoms with Gasteiger partial charge in [0.25, 0.3) is 0 Å². The lowest BCUT2D eigenvalue weighted by molar-refractivity contribution is -0.167. The second kappa shape index (κ2) is 7.93. The summed E-state index contributed by atoms with van der Waals surface area (Å²) in [5, 5.41) is 17.2. The monoisotopic (exact) mass is 280 g/mol. The summed E-state index contributed by atoms with van der Waals surface area (Å²) in [4.78, 5) is 32.4. The summed E-state index contributed by atoms with van der Waals surface area (Å²) in [5.41, 5.74) is 1.16. The minimum atomic E-state index is -2.15. The van der Waals surface area contributed by atoms with Crippen molar-refractivity contribution in [2.24, 2.45) is 5.92 Å². The van der Waals surface area contributed by atoms with Crippen LogP contribution in [0, 0.1) is 5.92 Å². The first-order chi connectivity index (χ1) is 9.52. The van der Waals surface area contributed by atoms with Crippen LogP contribution in [0.3, 0.4) is 0 Å². The molecule has 0 bridgehead atoms. The molecule has 2 N–H and O–H groups in total. The summed E-state index contributed by atoms with van der Waals surface area (Å²) >= 11 is 0. The lowest BCUT2D eigenvalue weighted by Gasteiger charge is -2.08. The summed E-state index contributed by atoms with van der Waals surface area (Å²) in [5.74, 6) is -6.81. The molecule has 0 spiro atoms. The number of unbranched alkanes of at least 4 members (excludes halogenated alkanes) is 1. The normalized spacial score (nSPS) is 10.2. The van der Waals surface area contributed by atoms with Gasteiger partial charge < -0.3 is 14.9 Å². The predicted octanol–water partition coefficient (Wildman–Crippen LogP) is 1.34. The number of hydrogen-bond donors (Lipinski definition) is 2. The van der Waals surface area contributed by atoms with Crippen LogP contribution in [0.1, 0.15) is 18.4 Å². The van der Waals surface area contributed by atoms with E-state index in [9.17, 15) is 14.4 Å². The van der Waals surface area contributed by atoms with Gasteiger partial charge in [-0.3, -0.25) is 14.4 Å². The van der Waals surface area contributed by atoms with Crippen LogP contribution >= 0.6 is 0 Å². The van der Waals surface area contributed by atoms with Crippen LogP contribution in [0.5, 0.6) is 0 Å². The number of rotatable bonds is 8. The quantitative estimate of drug-likeness (QED) is 0.423. The molecule has 0 aliphatic carbocycles. The molecule has 0 aliphatic heterocycles. The van der Waals surface area contributed by atoms with Crippen molar-refractivity contribution in [3.05, 3.63) is 35.9 Å². The van der Waals surface area contributed by atoms with E-state index >= 15 is 0 Å². The summed E-state index contributed by atoms with van der Waals surface area (Å²) in [7, 11) is 0.